The number of ether oxygens (including phenoxy) is 2. The maximum absolute atomic E-state index is 13.8. The molecule has 0 aliphatic heterocycles. The van der Waals surface area contributed by atoms with Gasteiger partial charge in [-0.2, -0.15) is 5.26 Å². The van der Waals surface area contributed by atoms with Gasteiger partial charge in [-0.1, -0.05) is 85.8 Å². The molecule has 0 saturated carbocycles. The molecule has 0 aliphatic rings. The van der Waals surface area contributed by atoms with Crippen LogP contribution in [0.15, 0.2) is 103 Å². The number of hydrogen-bond acceptors (Lipinski definition) is 9. The Hall–Kier alpha value is -7.47. The van der Waals surface area contributed by atoms with Gasteiger partial charge in [-0.25, -0.2) is 19.6 Å². The van der Waals surface area contributed by atoms with E-state index in [1.54, 1.807) is 36.4 Å². The number of fused-ring (bicyclic) bond motifs is 1. The Balaban J connectivity index is 1.12. The summed E-state index contributed by atoms with van der Waals surface area (Å²) in [5.41, 5.74) is 6.20. The van der Waals surface area contributed by atoms with Gasteiger partial charge < -0.3 is 39.9 Å². The Morgan fingerprint density at radius 3 is 1.93 bits per heavy atom. The fourth-order valence-electron chi connectivity index (χ4n) is 6.76. The number of amides is 4. The lowest BCUT2D eigenvalue weighted by atomic mass is 9.98. The summed E-state index contributed by atoms with van der Waals surface area (Å²) in [7, 11) is 2.49. The van der Waals surface area contributed by atoms with Gasteiger partial charge in [-0.3, -0.25) is 9.59 Å². The zero-order valence-electron chi connectivity index (χ0n) is 33.9. The number of benzene rings is 4. The molecule has 4 N–H and O–H groups in total. The number of aromatic amines is 2. The van der Waals surface area contributed by atoms with E-state index in [-0.39, 0.29) is 38.0 Å². The highest BCUT2D eigenvalue weighted by Gasteiger charge is 2.28. The molecule has 60 heavy (non-hydrogen) atoms. The number of methoxy groups -OCH3 is 2. The molecule has 2 heterocycles. The fourth-order valence-corrected chi connectivity index (χ4v) is 6.76. The lowest BCUT2D eigenvalue weighted by Crippen LogP contribution is -2.43. The molecule has 2 aromatic heterocycles. The molecule has 6 aromatic rings. The van der Waals surface area contributed by atoms with Crippen molar-refractivity contribution in [3.63, 3.8) is 0 Å². The van der Waals surface area contributed by atoms with Crippen molar-refractivity contribution in [2.45, 2.75) is 39.4 Å². The highest BCUT2D eigenvalue weighted by Crippen LogP contribution is 2.30. The molecule has 0 unspecified atom stereocenters. The number of nitriles is 1. The number of rotatable bonds is 16. The van der Waals surface area contributed by atoms with Gasteiger partial charge in [0.1, 0.15) is 24.2 Å². The van der Waals surface area contributed by atoms with Crippen molar-refractivity contribution < 1.29 is 28.7 Å². The summed E-state index contributed by atoms with van der Waals surface area (Å²) in [5.74, 6) is 0.121. The second-order valence-electron chi connectivity index (χ2n) is 14.2. The van der Waals surface area contributed by atoms with E-state index < -0.39 is 24.1 Å². The van der Waals surface area contributed by atoms with Crippen LogP contribution in [0.5, 0.6) is 0 Å². The van der Waals surface area contributed by atoms with Gasteiger partial charge in [0.25, 0.3) is 0 Å². The van der Waals surface area contributed by atoms with Crippen LogP contribution >= 0.6 is 0 Å². The molecule has 15 heteroatoms. The smallest absolute Gasteiger partial charge is 0.407 e. The number of carbonyl (C=O) groups is 4. The third kappa shape index (κ3) is 10.5. The molecule has 0 bridgehead atoms. The minimum absolute atomic E-state index is 0.136. The van der Waals surface area contributed by atoms with Gasteiger partial charge in [-0.15, -0.1) is 0 Å². The van der Waals surface area contributed by atoms with Crippen LogP contribution in [0.3, 0.4) is 0 Å². The maximum atomic E-state index is 13.8. The molecule has 6 rings (SSSR count). The van der Waals surface area contributed by atoms with E-state index in [1.165, 1.54) is 19.1 Å². The number of aromatic nitrogens is 4. The number of carbonyl (C=O) groups excluding carboxylic acids is 4. The molecule has 0 spiro atoms. The largest absolute Gasteiger partial charge is 0.453 e. The van der Waals surface area contributed by atoms with Gasteiger partial charge in [-0.05, 0) is 58.5 Å². The first-order chi connectivity index (χ1) is 29.1. The predicted octanol–water partition coefficient (Wildman–Crippen LogP) is 6.97. The summed E-state index contributed by atoms with van der Waals surface area (Å²) < 4.78 is 9.37. The first-order valence-electron chi connectivity index (χ1n) is 19.5. The van der Waals surface area contributed by atoms with E-state index >= 15 is 0 Å². The third-order valence-corrected chi connectivity index (χ3v) is 9.89. The number of nitrogens with zero attached hydrogens (tertiary/aromatic N) is 5. The zero-order chi connectivity index (χ0) is 42.6. The van der Waals surface area contributed by atoms with Crippen LogP contribution in [0.2, 0.25) is 0 Å². The molecule has 4 amide bonds. The van der Waals surface area contributed by atoms with E-state index in [9.17, 15) is 24.4 Å². The predicted molar refractivity (Wildman–Crippen MR) is 226 cm³/mol. The minimum Gasteiger partial charge on any atom is -0.453 e. The van der Waals surface area contributed by atoms with E-state index in [0.29, 0.717) is 23.8 Å². The number of H-pyrrole nitrogens is 2. The molecule has 4 aromatic carbocycles. The van der Waals surface area contributed by atoms with Gasteiger partial charge in [0.2, 0.25) is 11.8 Å². The highest BCUT2D eigenvalue weighted by atomic mass is 16.5. The van der Waals surface area contributed by atoms with E-state index in [0.717, 1.165) is 50.8 Å². The van der Waals surface area contributed by atoms with Crippen LogP contribution in [0.4, 0.5) is 9.59 Å². The number of alkyl carbamates (subject to hydrolysis) is 2. The number of imidazole rings is 2. The van der Waals surface area contributed by atoms with Crippen molar-refractivity contribution in [2.75, 3.05) is 33.9 Å². The lowest BCUT2D eigenvalue weighted by Gasteiger charge is -2.27. The lowest BCUT2D eigenvalue weighted by molar-refractivity contribution is -0.134. The van der Waals surface area contributed by atoms with Gasteiger partial charge in [0.15, 0.2) is 0 Å². The first kappa shape index (κ1) is 42.1. The second-order valence-corrected chi connectivity index (χ2v) is 14.2. The monoisotopic (exact) mass is 809 g/mol. The van der Waals surface area contributed by atoms with E-state index in [4.69, 9.17) is 4.74 Å². The summed E-state index contributed by atoms with van der Waals surface area (Å²) in [4.78, 5) is 69.3. The average Bonchev–Trinajstić information content (AvgIpc) is 3.96. The van der Waals surface area contributed by atoms with Crippen LogP contribution in [0, 0.1) is 17.2 Å². The molecular weight excluding hydrogens is 763 g/mol. The summed E-state index contributed by atoms with van der Waals surface area (Å²) in [6.45, 7) is 4.47. The van der Waals surface area contributed by atoms with Gasteiger partial charge in [0.05, 0.1) is 63.1 Å². The third-order valence-electron chi connectivity index (χ3n) is 9.89. The van der Waals surface area contributed by atoms with Crippen molar-refractivity contribution in [1.29, 1.82) is 5.26 Å². The Morgan fingerprint density at radius 1 is 0.750 bits per heavy atom. The van der Waals surface area contributed by atoms with Crippen molar-refractivity contribution in [2.24, 2.45) is 5.92 Å². The van der Waals surface area contributed by atoms with Crippen LogP contribution in [0.1, 0.15) is 43.5 Å². The average molecular weight is 810 g/mol. The Bertz CT molecular complexity index is 2470. The Kier molecular flexibility index (Phi) is 13.9. The van der Waals surface area contributed by atoms with E-state index in [2.05, 4.69) is 83.8 Å². The molecule has 15 nitrogen and oxygen atoms in total. The molecule has 0 radical (unpaired) electrons. The van der Waals surface area contributed by atoms with Gasteiger partial charge in [0, 0.05) is 18.7 Å². The summed E-state index contributed by atoms with van der Waals surface area (Å²) >= 11 is 0. The number of nitrogens with one attached hydrogen (secondary N) is 4. The van der Waals surface area contributed by atoms with Crippen LogP contribution in [0.25, 0.3) is 44.4 Å². The van der Waals surface area contributed by atoms with Crippen molar-refractivity contribution in [1.82, 2.24) is 40.4 Å². The maximum Gasteiger partial charge on any atom is 0.407 e. The summed E-state index contributed by atoms with van der Waals surface area (Å²) in [6, 6.07) is 30.9. The Morgan fingerprint density at radius 2 is 1.32 bits per heavy atom. The van der Waals surface area contributed by atoms with Crippen molar-refractivity contribution >= 4 is 34.8 Å². The topological polar surface area (TPSA) is 198 Å². The summed E-state index contributed by atoms with van der Waals surface area (Å²) in [6.07, 6.45) is 2.78. The molecular formula is C45H47N9O6. The molecule has 0 fully saturated rings. The zero-order valence-corrected chi connectivity index (χ0v) is 33.9. The van der Waals surface area contributed by atoms with E-state index in [1.807, 2.05) is 43.3 Å². The molecule has 0 saturated heterocycles. The van der Waals surface area contributed by atoms with Crippen LogP contribution in [-0.4, -0.2) is 87.6 Å². The number of hydrogen-bond donors (Lipinski definition) is 4. The quantitative estimate of drug-likeness (QED) is 0.0798. The van der Waals surface area contributed by atoms with Crippen LogP contribution in [-0.2, 0) is 32.2 Å². The van der Waals surface area contributed by atoms with Crippen molar-refractivity contribution in [3.05, 3.63) is 121 Å². The van der Waals surface area contributed by atoms with Gasteiger partial charge >= 0.3 is 12.2 Å². The summed E-state index contributed by atoms with van der Waals surface area (Å²) in [5, 5.41) is 16.5. The molecule has 2 atom stereocenters. The second kappa shape index (κ2) is 19.8. The van der Waals surface area contributed by atoms with Crippen molar-refractivity contribution in [3.8, 4) is 39.7 Å². The van der Waals surface area contributed by atoms with Crippen LogP contribution < -0.4 is 10.6 Å². The fraction of sp³-hybridized carbons (Fsp3) is 0.267. The SMILES string of the molecule is CCCN(Cc1ncc(-c2ccc(-c3ccc4cc(-c5cnc(CN(C[C@H](C)C#N)C(=O)CNC(=O)OC)[nH]5)ccc4c3)cc2)[nH]1)C(=O)[C@H](NC(=O)OC)c1ccccc1. The molecule has 0 aliphatic carbocycles. The highest BCUT2D eigenvalue weighted by molar-refractivity contribution is 5.91. The Labute approximate surface area is 347 Å². The first-order valence-corrected chi connectivity index (χ1v) is 19.5. The normalized spacial score (nSPS) is 11.8. The molecule has 308 valence electrons. The minimum atomic E-state index is -0.910. The standard InChI is InChI=1S/C45H47N9O6/c1-5-19-53(43(56)42(52-45(58)60-4)32-9-7-6-8-10-32)27-39-47-23-37(50-39)31-13-11-30(12-14-31)33-15-16-35-21-36(18-17-34(35)20-33)38-24-48-40(51-38)28-54(26-29(2)22-46)41(55)25-49-44(57)59-3/h6-18,20-21,23-24,29,42H,5,19,25-28H2,1-4H3,(H,47,50)(H,48,51)(H,49,57)(H,52,58)/t29-,42-/m1/s1.